The van der Waals surface area contributed by atoms with Crippen molar-refractivity contribution in [3.63, 3.8) is 0 Å². The molecule has 1 saturated heterocycles. The number of aliphatic hydroxyl groups excluding tert-OH is 2. The van der Waals surface area contributed by atoms with Gasteiger partial charge < -0.3 is 20.4 Å². The first-order chi connectivity index (χ1) is 11.5. The van der Waals surface area contributed by atoms with E-state index in [4.69, 9.17) is 16.7 Å². The van der Waals surface area contributed by atoms with Crippen LogP contribution in [0.5, 0.6) is 0 Å². The van der Waals surface area contributed by atoms with Gasteiger partial charge in [0.25, 0.3) is 5.69 Å². The van der Waals surface area contributed by atoms with Gasteiger partial charge in [0.2, 0.25) is 0 Å². The largest absolute Gasteiger partial charge is 0.395 e. The zero-order valence-electron chi connectivity index (χ0n) is 13.4. The van der Waals surface area contributed by atoms with Gasteiger partial charge in [0.1, 0.15) is 5.69 Å². The Kier molecular flexibility index (Phi) is 7.04. The molecule has 1 aliphatic rings. The van der Waals surface area contributed by atoms with Gasteiger partial charge in [-0.15, -0.1) is 11.6 Å². The van der Waals surface area contributed by atoms with Crippen LogP contribution < -0.4 is 10.2 Å². The van der Waals surface area contributed by atoms with Crippen molar-refractivity contribution in [2.45, 2.75) is 6.10 Å². The number of piperazine rings is 1. The van der Waals surface area contributed by atoms with E-state index in [1.165, 1.54) is 6.07 Å². The molecule has 1 fully saturated rings. The van der Waals surface area contributed by atoms with E-state index in [0.29, 0.717) is 31.0 Å². The highest BCUT2D eigenvalue weighted by molar-refractivity contribution is 6.18. The highest BCUT2D eigenvalue weighted by Gasteiger charge is 2.24. The Morgan fingerprint density at radius 1 is 1.33 bits per heavy atom. The van der Waals surface area contributed by atoms with Crippen LogP contribution in [0.3, 0.4) is 0 Å². The molecule has 1 aromatic carbocycles. The second-order valence-corrected chi connectivity index (χ2v) is 6.01. The molecule has 1 aliphatic heterocycles. The van der Waals surface area contributed by atoms with Crippen LogP contribution in [0.2, 0.25) is 0 Å². The Labute approximate surface area is 145 Å². The average Bonchev–Trinajstić information content (AvgIpc) is 2.60. The Morgan fingerprint density at radius 3 is 2.62 bits per heavy atom. The van der Waals surface area contributed by atoms with Gasteiger partial charge in [0.15, 0.2) is 0 Å². The van der Waals surface area contributed by atoms with E-state index in [0.717, 1.165) is 13.1 Å². The van der Waals surface area contributed by atoms with Crippen molar-refractivity contribution in [1.82, 2.24) is 4.90 Å². The summed E-state index contributed by atoms with van der Waals surface area (Å²) in [6, 6.07) is 4.98. The average molecular weight is 359 g/mol. The maximum absolute atomic E-state index is 11.4. The second-order valence-electron chi connectivity index (χ2n) is 5.70. The zero-order chi connectivity index (χ0) is 17.5. The standard InChI is InChI=1S/C15H23ClN4O4/c16-10-13(22)11-17-12-1-2-14(15(9-12)20(23)24)19-5-3-18(4-6-19)7-8-21/h1-2,9,13,17,21-22H,3-8,10-11H2. The first kappa shape index (κ1) is 18.7. The van der Waals surface area contributed by atoms with Gasteiger partial charge in [-0.1, -0.05) is 0 Å². The maximum atomic E-state index is 11.4. The third-order valence-corrected chi connectivity index (χ3v) is 4.38. The molecule has 9 heteroatoms. The van der Waals surface area contributed by atoms with Crippen LogP contribution in [0.4, 0.5) is 17.1 Å². The van der Waals surface area contributed by atoms with Gasteiger partial charge in [-0.3, -0.25) is 15.0 Å². The van der Waals surface area contributed by atoms with Crippen LogP contribution in [-0.4, -0.2) is 77.9 Å². The summed E-state index contributed by atoms with van der Waals surface area (Å²) in [5.74, 6) is 0.102. The molecule has 1 unspecified atom stereocenters. The van der Waals surface area contributed by atoms with Crippen LogP contribution >= 0.6 is 11.6 Å². The number of rotatable bonds is 8. The fraction of sp³-hybridized carbons (Fsp3) is 0.600. The third kappa shape index (κ3) is 4.94. The monoisotopic (exact) mass is 358 g/mol. The molecule has 134 valence electrons. The van der Waals surface area contributed by atoms with Crippen molar-refractivity contribution in [3.8, 4) is 0 Å². The van der Waals surface area contributed by atoms with E-state index in [-0.39, 0.29) is 24.7 Å². The van der Waals surface area contributed by atoms with Crippen molar-refractivity contribution < 1.29 is 15.1 Å². The number of hydrogen-bond donors (Lipinski definition) is 3. The lowest BCUT2D eigenvalue weighted by Gasteiger charge is -2.35. The lowest BCUT2D eigenvalue weighted by molar-refractivity contribution is -0.384. The Hall–Kier alpha value is -1.61. The first-order valence-corrected chi connectivity index (χ1v) is 8.43. The van der Waals surface area contributed by atoms with Gasteiger partial charge in [-0.05, 0) is 12.1 Å². The second kappa shape index (κ2) is 9.03. The number of β-amino-alcohol motifs (C(OH)–C–C–N with tert-alkyl or cyclic N) is 1. The molecule has 0 bridgehead atoms. The minimum Gasteiger partial charge on any atom is -0.395 e. The van der Waals surface area contributed by atoms with Crippen molar-refractivity contribution in [3.05, 3.63) is 28.3 Å². The Bertz CT molecular complexity index is 552. The van der Waals surface area contributed by atoms with Gasteiger partial charge in [-0.2, -0.15) is 0 Å². The van der Waals surface area contributed by atoms with E-state index >= 15 is 0 Å². The smallest absolute Gasteiger partial charge is 0.294 e. The number of alkyl halides is 1. The number of aliphatic hydroxyl groups is 2. The quantitative estimate of drug-likeness (QED) is 0.357. The van der Waals surface area contributed by atoms with Crippen LogP contribution in [0.15, 0.2) is 18.2 Å². The van der Waals surface area contributed by atoms with Crippen molar-refractivity contribution in [2.75, 3.05) is 62.0 Å². The molecule has 0 spiro atoms. The zero-order valence-corrected chi connectivity index (χ0v) is 14.2. The fourth-order valence-electron chi connectivity index (χ4n) is 2.69. The molecule has 0 amide bonds. The molecule has 1 heterocycles. The number of hydrogen-bond acceptors (Lipinski definition) is 7. The topological polar surface area (TPSA) is 102 Å². The number of nitrogens with zero attached hydrogens (tertiary/aromatic N) is 3. The molecule has 1 atom stereocenters. The summed E-state index contributed by atoms with van der Waals surface area (Å²) in [7, 11) is 0. The van der Waals surface area contributed by atoms with E-state index in [9.17, 15) is 15.2 Å². The molecule has 0 aliphatic carbocycles. The van der Waals surface area contributed by atoms with Crippen LogP contribution in [-0.2, 0) is 0 Å². The van der Waals surface area contributed by atoms with Gasteiger partial charge in [0, 0.05) is 51.0 Å². The lowest BCUT2D eigenvalue weighted by Crippen LogP contribution is -2.47. The molecule has 3 N–H and O–H groups in total. The molecule has 1 aromatic rings. The lowest BCUT2D eigenvalue weighted by atomic mass is 10.2. The minimum absolute atomic E-state index is 0.0379. The number of benzene rings is 1. The predicted octanol–water partition coefficient (Wildman–Crippen LogP) is 0.721. The summed E-state index contributed by atoms with van der Waals surface area (Å²) >= 11 is 5.54. The number of nitro groups is 1. The summed E-state index contributed by atoms with van der Waals surface area (Å²) in [5, 5.41) is 32.8. The van der Waals surface area contributed by atoms with Gasteiger partial charge >= 0.3 is 0 Å². The first-order valence-electron chi connectivity index (χ1n) is 7.89. The molecule has 8 nitrogen and oxygen atoms in total. The summed E-state index contributed by atoms with van der Waals surface area (Å²) in [6.45, 7) is 3.87. The number of anilines is 2. The van der Waals surface area contributed by atoms with Crippen LogP contribution in [0, 0.1) is 10.1 Å². The summed E-state index contributed by atoms with van der Waals surface area (Å²) < 4.78 is 0. The molecular weight excluding hydrogens is 336 g/mol. The number of halogens is 1. The highest BCUT2D eigenvalue weighted by Crippen LogP contribution is 2.31. The maximum Gasteiger partial charge on any atom is 0.294 e. The minimum atomic E-state index is -0.704. The summed E-state index contributed by atoms with van der Waals surface area (Å²) in [6.07, 6.45) is -0.704. The molecule has 0 aromatic heterocycles. The molecule has 0 saturated carbocycles. The fourth-order valence-corrected chi connectivity index (χ4v) is 2.80. The van der Waals surface area contributed by atoms with E-state index in [1.807, 2.05) is 4.90 Å². The molecule has 2 rings (SSSR count). The van der Waals surface area contributed by atoms with E-state index in [1.54, 1.807) is 12.1 Å². The van der Waals surface area contributed by atoms with Crippen LogP contribution in [0.1, 0.15) is 0 Å². The Balaban J connectivity index is 2.08. The van der Waals surface area contributed by atoms with Gasteiger partial charge in [0.05, 0.1) is 23.5 Å². The highest BCUT2D eigenvalue weighted by atomic mass is 35.5. The van der Waals surface area contributed by atoms with Crippen LogP contribution in [0.25, 0.3) is 0 Å². The van der Waals surface area contributed by atoms with Crippen molar-refractivity contribution >= 4 is 28.7 Å². The Morgan fingerprint density at radius 2 is 2.04 bits per heavy atom. The van der Waals surface area contributed by atoms with E-state index < -0.39 is 11.0 Å². The van der Waals surface area contributed by atoms with E-state index in [2.05, 4.69) is 10.2 Å². The predicted molar refractivity (Wildman–Crippen MR) is 94.1 cm³/mol. The van der Waals surface area contributed by atoms with Crippen molar-refractivity contribution in [2.24, 2.45) is 0 Å². The van der Waals surface area contributed by atoms with Crippen molar-refractivity contribution in [1.29, 1.82) is 0 Å². The molecule has 24 heavy (non-hydrogen) atoms. The summed E-state index contributed by atoms with van der Waals surface area (Å²) in [4.78, 5) is 15.1. The molecular formula is C15H23ClN4O4. The summed E-state index contributed by atoms with van der Waals surface area (Å²) in [5.41, 5.74) is 1.21. The number of nitrogens with one attached hydrogen (secondary N) is 1. The molecule has 0 radical (unpaired) electrons. The SMILES string of the molecule is O=[N+]([O-])c1cc(NCC(O)CCl)ccc1N1CCN(CCO)CC1. The normalized spacial score (nSPS) is 16.9. The third-order valence-electron chi connectivity index (χ3n) is 4.02. The van der Waals surface area contributed by atoms with Gasteiger partial charge in [-0.25, -0.2) is 0 Å². The number of nitro benzene ring substituents is 1.